The SMILES string of the molecule is CSCCC(NC(=O)C(CC(=O)O)NC(=O)C(Cc1ccc(O)cc1)NC(=O)C(N)C(C)C)C(=O)O. The van der Waals surface area contributed by atoms with Crippen molar-refractivity contribution in [3.8, 4) is 5.75 Å². The molecule has 0 fully saturated rings. The molecule has 0 bridgehead atoms. The van der Waals surface area contributed by atoms with Crippen molar-refractivity contribution < 1.29 is 39.3 Å². The molecule has 8 N–H and O–H groups in total. The third kappa shape index (κ3) is 10.5. The third-order valence-corrected chi connectivity index (χ3v) is 5.91. The van der Waals surface area contributed by atoms with E-state index in [1.54, 1.807) is 20.1 Å². The Morgan fingerprint density at radius 2 is 1.42 bits per heavy atom. The fourth-order valence-corrected chi connectivity index (χ4v) is 3.54. The lowest BCUT2D eigenvalue weighted by molar-refractivity contribution is -0.143. The van der Waals surface area contributed by atoms with Crippen LogP contribution in [0.4, 0.5) is 0 Å². The first-order chi connectivity index (χ1) is 16.8. The molecule has 0 aliphatic heterocycles. The molecule has 4 atom stereocenters. The molecule has 3 amide bonds. The van der Waals surface area contributed by atoms with E-state index in [0.29, 0.717) is 11.3 Å². The summed E-state index contributed by atoms with van der Waals surface area (Å²) in [5.74, 6) is -4.95. The van der Waals surface area contributed by atoms with Crippen LogP contribution in [-0.2, 0) is 30.4 Å². The van der Waals surface area contributed by atoms with Crippen molar-refractivity contribution in [2.75, 3.05) is 12.0 Å². The molecule has 13 heteroatoms. The molecule has 0 spiro atoms. The molecule has 0 aliphatic rings. The maximum absolute atomic E-state index is 13.1. The van der Waals surface area contributed by atoms with E-state index in [4.69, 9.17) is 5.73 Å². The fraction of sp³-hybridized carbons (Fsp3) is 0.522. The number of aliphatic carboxylic acids is 2. The second-order valence-electron chi connectivity index (χ2n) is 8.54. The lowest BCUT2D eigenvalue weighted by atomic mass is 10.0. The van der Waals surface area contributed by atoms with Crippen LogP contribution >= 0.6 is 11.8 Å². The van der Waals surface area contributed by atoms with Crippen LogP contribution < -0.4 is 21.7 Å². The van der Waals surface area contributed by atoms with Crippen LogP contribution in [0.3, 0.4) is 0 Å². The second kappa shape index (κ2) is 14.9. The van der Waals surface area contributed by atoms with Crippen LogP contribution in [0.1, 0.15) is 32.3 Å². The number of phenolic OH excluding ortho intramolecular Hbond substituents is 1. The Balaban J connectivity index is 3.13. The Morgan fingerprint density at radius 3 is 1.92 bits per heavy atom. The highest BCUT2D eigenvalue weighted by Crippen LogP contribution is 2.12. The van der Waals surface area contributed by atoms with Crippen molar-refractivity contribution in [1.82, 2.24) is 16.0 Å². The van der Waals surface area contributed by atoms with Gasteiger partial charge < -0.3 is 37.0 Å². The smallest absolute Gasteiger partial charge is 0.326 e. The van der Waals surface area contributed by atoms with Crippen LogP contribution in [0, 0.1) is 5.92 Å². The van der Waals surface area contributed by atoms with Gasteiger partial charge in [-0.25, -0.2) is 4.79 Å². The number of thioether (sulfide) groups is 1. The van der Waals surface area contributed by atoms with Gasteiger partial charge in [-0.1, -0.05) is 26.0 Å². The van der Waals surface area contributed by atoms with E-state index in [0.717, 1.165) is 0 Å². The maximum atomic E-state index is 13.1. The number of hydrogen-bond donors (Lipinski definition) is 7. The Labute approximate surface area is 213 Å². The van der Waals surface area contributed by atoms with Crippen molar-refractivity contribution in [3.05, 3.63) is 29.8 Å². The van der Waals surface area contributed by atoms with E-state index < -0.39 is 60.2 Å². The normalized spacial score (nSPS) is 14.2. The molecule has 36 heavy (non-hydrogen) atoms. The zero-order valence-corrected chi connectivity index (χ0v) is 21.2. The summed E-state index contributed by atoms with van der Waals surface area (Å²) in [5, 5.41) is 35.2. The largest absolute Gasteiger partial charge is 0.508 e. The van der Waals surface area contributed by atoms with Gasteiger partial charge in [-0.05, 0) is 42.0 Å². The molecule has 0 heterocycles. The monoisotopic (exact) mass is 526 g/mol. The average molecular weight is 527 g/mol. The zero-order valence-electron chi connectivity index (χ0n) is 20.4. The number of amides is 3. The first-order valence-electron chi connectivity index (χ1n) is 11.2. The molecular weight excluding hydrogens is 492 g/mol. The third-order valence-electron chi connectivity index (χ3n) is 5.27. The molecule has 0 saturated heterocycles. The summed E-state index contributed by atoms with van der Waals surface area (Å²) in [6.07, 6.45) is 1.01. The number of rotatable bonds is 15. The molecule has 1 aromatic carbocycles. The van der Waals surface area contributed by atoms with Gasteiger partial charge in [-0.3, -0.25) is 19.2 Å². The van der Waals surface area contributed by atoms with Gasteiger partial charge in [0.05, 0.1) is 12.5 Å². The summed E-state index contributed by atoms with van der Waals surface area (Å²) in [7, 11) is 0. The van der Waals surface area contributed by atoms with E-state index >= 15 is 0 Å². The predicted octanol–water partition coefficient (Wildman–Crippen LogP) is -0.315. The Kier molecular flexibility index (Phi) is 12.7. The molecule has 0 aliphatic carbocycles. The van der Waals surface area contributed by atoms with Crippen molar-refractivity contribution in [2.45, 2.75) is 57.3 Å². The summed E-state index contributed by atoms with van der Waals surface area (Å²) in [4.78, 5) is 61.3. The minimum Gasteiger partial charge on any atom is -0.508 e. The highest BCUT2D eigenvalue weighted by molar-refractivity contribution is 7.98. The Bertz CT molecular complexity index is 925. The lowest BCUT2D eigenvalue weighted by Gasteiger charge is -2.25. The Morgan fingerprint density at radius 1 is 0.889 bits per heavy atom. The molecule has 200 valence electrons. The van der Waals surface area contributed by atoms with Crippen molar-refractivity contribution in [3.63, 3.8) is 0 Å². The highest BCUT2D eigenvalue weighted by atomic mass is 32.2. The van der Waals surface area contributed by atoms with Gasteiger partial charge in [0.25, 0.3) is 0 Å². The standard InChI is InChI=1S/C23H34N4O8S/c1-12(2)19(24)22(33)27-16(10-13-4-6-14(28)7-5-13)20(31)26-17(11-18(29)30)21(32)25-15(23(34)35)8-9-36-3/h4-7,12,15-17,19,28H,8-11,24H2,1-3H3,(H,25,32)(H,26,31)(H,27,33)(H,29,30)(H,34,35). The topological polar surface area (TPSA) is 208 Å². The number of nitrogens with two attached hydrogens (primary N) is 1. The van der Waals surface area contributed by atoms with Crippen molar-refractivity contribution in [2.24, 2.45) is 11.7 Å². The fourth-order valence-electron chi connectivity index (χ4n) is 3.07. The van der Waals surface area contributed by atoms with Gasteiger partial charge in [-0.15, -0.1) is 0 Å². The molecule has 1 rings (SSSR count). The average Bonchev–Trinajstić information content (AvgIpc) is 2.80. The summed E-state index contributed by atoms with van der Waals surface area (Å²) in [6, 6.07) is 0.844. The van der Waals surface area contributed by atoms with Gasteiger partial charge in [0.15, 0.2) is 0 Å². The van der Waals surface area contributed by atoms with E-state index in [9.17, 15) is 39.3 Å². The number of hydrogen-bond acceptors (Lipinski definition) is 8. The molecule has 12 nitrogen and oxygen atoms in total. The summed E-state index contributed by atoms with van der Waals surface area (Å²) < 4.78 is 0. The van der Waals surface area contributed by atoms with Crippen LogP contribution in [0.2, 0.25) is 0 Å². The molecular formula is C23H34N4O8S. The van der Waals surface area contributed by atoms with Crippen molar-refractivity contribution >= 4 is 41.4 Å². The summed E-state index contributed by atoms with van der Waals surface area (Å²) >= 11 is 1.38. The van der Waals surface area contributed by atoms with Gasteiger partial charge in [0.2, 0.25) is 17.7 Å². The van der Waals surface area contributed by atoms with E-state index in [1.165, 1.54) is 36.0 Å². The molecule has 0 radical (unpaired) electrons. The number of carbonyl (C=O) groups excluding carboxylic acids is 3. The first-order valence-corrected chi connectivity index (χ1v) is 12.6. The van der Waals surface area contributed by atoms with Crippen LogP contribution in [0.15, 0.2) is 24.3 Å². The Hall–Kier alpha value is -3.32. The molecule has 1 aromatic rings. The molecule has 4 unspecified atom stereocenters. The quantitative estimate of drug-likeness (QED) is 0.158. The first kappa shape index (κ1) is 30.7. The number of carboxylic acids is 2. The van der Waals surface area contributed by atoms with E-state index in [-0.39, 0.29) is 24.5 Å². The lowest BCUT2D eigenvalue weighted by Crippen LogP contribution is -2.58. The number of aromatic hydroxyl groups is 1. The van der Waals surface area contributed by atoms with Gasteiger partial charge in [-0.2, -0.15) is 11.8 Å². The zero-order chi connectivity index (χ0) is 27.4. The predicted molar refractivity (Wildman–Crippen MR) is 133 cm³/mol. The number of phenols is 1. The summed E-state index contributed by atoms with van der Waals surface area (Å²) in [5.41, 5.74) is 6.45. The van der Waals surface area contributed by atoms with Gasteiger partial charge in [0, 0.05) is 6.42 Å². The van der Waals surface area contributed by atoms with Gasteiger partial charge >= 0.3 is 11.9 Å². The number of carbonyl (C=O) groups is 5. The van der Waals surface area contributed by atoms with Crippen LogP contribution in [-0.4, -0.2) is 81.2 Å². The number of benzene rings is 1. The summed E-state index contributed by atoms with van der Waals surface area (Å²) in [6.45, 7) is 3.45. The van der Waals surface area contributed by atoms with E-state index in [1.807, 2.05) is 0 Å². The minimum absolute atomic E-state index is 0.00160. The van der Waals surface area contributed by atoms with Gasteiger partial charge in [0.1, 0.15) is 23.9 Å². The maximum Gasteiger partial charge on any atom is 0.326 e. The minimum atomic E-state index is -1.59. The number of carboxylic acid groups (broad SMARTS) is 2. The molecule has 0 aromatic heterocycles. The second-order valence-corrected chi connectivity index (χ2v) is 9.53. The van der Waals surface area contributed by atoms with Crippen molar-refractivity contribution in [1.29, 1.82) is 0 Å². The number of nitrogens with one attached hydrogen (secondary N) is 3. The van der Waals surface area contributed by atoms with Crippen LogP contribution in [0.5, 0.6) is 5.75 Å². The molecule has 0 saturated carbocycles. The van der Waals surface area contributed by atoms with E-state index in [2.05, 4.69) is 16.0 Å². The van der Waals surface area contributed by atoms with Crippen LogP contribution in [0.25, 0.3) is 0 Å². The highest BCUT2D eigenvalue weighted by Gasteiger charge is 2.32.